The van der Waals surface area contributed by atoms with E-state index in [9.17, 15) is 4.79 Å². The van der Waals surface area contributed by atoms with Crippen molar-refractivity contribution in [1.29, 1.82) is 0 Å². The minimum Gasteiger partial charge on any atom is -0.409 e. The van der Waals surface area contributed by atoms with Gasteiger partial charge in [-0.25, -0.2) is 0 Å². The fourth-order valence-corrected chi connectivity index (χ4v) is 1.83. The second kappa shape index (κ2) is 7.14. The van der Waals surface area contributed by atoms with Gasteiger partial charge in [0, 0.05) is 6.54 Å². The minimum absolute atomic E-state index is 0.0619. The van der Waals surface area contributed by atoms with Crippen LogP contribution in [0.25, 0.3) is 0 Å². The van der Waals surface area contributed by atoms with Crippen molar-refractivity contribution in [3.8, 4) is 0 Å². The van der Waals surface area contributed by atoms with Crippen molar-refractivity contribution < 1.29 is 10.0 Å². The van der Waals surface area contributed by atoms with Gasteiger partial charge in [-0.15, -0.1) is 0 Å². The number of oxime groups is 1. The fourth-order valence-electron chi connectivity index (χ4n) is 1.83. The summed E-state index contributed by atoms with van der Waals surface area (Å²) in [7, 11) is 0. The van der Waals surface area contributed by atoms with Gasteiger partial charge in [0.1, 0.15) is 0 Å². The van der Waals surface area contributed by atoms with Gasteiger partial charge in [-0.3, -0.25) is 4.79 Å². The molecular weight excluding hydrogens is 218 g/mol. The molecule has 1 amide bonds. The van der Waals surface area contributed by atoms with Crippen molar-refractivity contribution in [2.45, 2.75) is 34.6 Å². The van der Waals surface area contributed by atoms with E-state index in [1.807, 2.05) is 0 Å². The molecule has 17 heavy (non-hydrogen) atoms. The van der Waals surface area contributed by atoms with Gasteiger partial charge in [-0.1, -0.05) is 32.9 Å². The number of amides is 1. The third-order valence-corrected chi connectivity index (χ3v) is 3.18. The number of carbonyl (C=O) groups is 1. The highest BCUT2D eigenvalue weighted by Gasteiger charge is 2.21. The maximum Gasteiger partial charge on any atom is 0.230 e. The Morgan fingerprint density at radius 3 is 2.06 bits per heavy atom. The summed E-state index contributed by atoms with van der Waals surface area (Å²) in [5.41, 5.74) is 5.38. The van der Waals surface area contributed by atoms with Crippen LogP contribution in [0.4, 0.5) is 0 Å². The quantitative estimate of drug-likeness (QED) is 0.285. The lowest BCUT2D eigenvalue weighted by atomic mass is 9.85. The molecule has 0 saturated heterocycles. The van der Waals surface area contributed by atoms with Crippen molar-refractivity contribution in [1.82, 2.24) is 5.32 Å². The molecule has 0 aromatic rings. The molecule has 0 aliphatic carbocycles. The van der Waals surface area contributed by atoms with E-state index in [-0.39, 0.29) is 11.7 Å². The van der Waals surface area contributed by atoms with E-state index in [1.165, 1.54) is 0 Å². The SMILES string of the molecule is CC(C(=O)NCC(C(C)C)C(C)C)C(N)=NO. The molecule has 0 bridgehead atoms. The molecule has 0 fully saturated rings. The zero-order valence-corrected chi connectivity index (χ0v) is 11.4. The molecule has 0 aliphatic rings. The number of nitrogens with one attached hydrogen (secondary N) is 1. The lowest BCUT2D eigenvalue weighted by molar-refractivity contribution is -0.123. The van der Waals surface area contributed by atoms with Gasteiger partial charge in [0.25, 0.3) is 0 Å². The Morgan fingerprint density at radius 1 is 1.24 bits per heavy atom. The van der Waals surface area contributed by atoms with Crippen molar-refractivity contribution in [2.75, 3.05) is 6.54 Å². The van der Waals surface area contributed by atoms with Crippen LogP contribution in [0.2, 0.25) is 0 Å². The average Bonchev–Trinajstić information content (AvgIpc) is 2.25. The van der Waals surface area contributed by atoms with Gasteiger partial charge in [-0.2, -0.15) is 0 Å². The van der Waals surface area contributed by atoms with Gasteiger partial charge >= 0.3 is 0 Å². The molecule has 4 N–H and O–H groups in total. The predicted octanol–water partition coefficient (Wildman–Crippen LogP) is 1.41. The highest BCUT2D eigenvalue weighted by molar-refractivity contribution is 6.01. The van der Waals surface area contributed by atoms with Gasteiger partial charge in [0.05, 0.1) is 5.92 Å². The van der Waals surface area contributed by atoms with Crippen molar-refractivity contribution in [2.24, 2.45) is 34.6 Å². The van der Waals surface area contributed by atoms with E-state index in [2.05, 4.69) is 38.2 Å². The molecule has 0 spiro atoms. The Balaban J connectivity index is 4.32. The monoisotopic (exact) mass is 243 g/mol. The molecule has 0 rings (SSSR count). The Hall–Kier alpha value is -1.26. The number of hydrogen-bond donors (Lipinski definition) is 3. The largest absolute Gasteiger partial charge is 0.409 e. The van der Waals surface area contributed by atoms with Crippen LogP contribution in [0.1, 0.15) is 34.6 Å². The maximum absolute atomic E-state index is 11.7. The lowest BCUT2D eigenvalue weighted by Crippen LogP contribution is -2.41. The number of nitrogens with two attached hydrogens (primary N) is 1. The number of hydrogen-bond acceptors (Lipinski definition) is 3. The Morgan fingerprint density at radius 2 is 1.71 bits per heavy atom. The second-order valence-electron chi connectivity index (χ2n) is 5.14. The smallest absolute Gasteiger partial charge is 0.230 e. The summed E-state index contributed by atoms with van der Waals surface area (Å²) in [4.78, 5) is 11.7. The highest BCUT2D eigenvalue weighted by atomic mass is 16.4. The molecule has 0 radical (unpaired) electrons. The standard InChI is InChI=1S/C12H25N3O2/c1-7(2)10(8(3)4)6-14-12(16)9(5)11(13)15-17/h7-10,17H,6H2,1-5H3,(H2,13,15)(H,14,16). The van der Waals surface area contributed by atoms with Crippen molar-refractivity contribution in [3.05, 3.63) is 0 Å². The van der Waals surface area contributed by atoms with Crippen molar-refractivity contribution >= 4 is 11.7 Å². The summed E-state index contributed by atoms with van der Waals surface area (Å²) < 4.78 is 0. The van der Waals surface area contributed by atoms with Gasteiger partial charge in [0.15, 0.2) is 5.84 Å². The Kier molecular flexibility index (Phi) is 6.61. The van der Waals surface area contributed by atoms with Gasteiger partial charge in [-0.05, 0) is 24.7 Å². The summed E-state index contributed by atoms with van der Waals surface area (Å²) in [6.07, 6.45) is 0. The molecule has 0 heterocycles. The van der Waals surface area contributed by atoms with Gasteiger partial charge in [0.2, 0.25) is 5.91 Å². The van der Waals surface area contributed by atoms with E-state index in [0.717, 1.165) is 0 Å². The first kappa shape index (κ1) is 15.7. The number of amidine groups is 1. The molecule has 5 heteroatoms. The zero-order valence-electron chi connectivity index (χ0n) is 11.4. The molecule has 0 aromatic carbocycles. The third-order valence-electron chi connectivity index (χ3n) is 3.18. The molecule has 1 unspecified atom stereocenters. The molecule has 1 atom stereocenters. The molecule has 0 aromatic heterocycles. The normalized spacial score (nSPS) is 14.5. The van der Waals surface area contributed by atoms with E-state index >= 15 is 0 Å². The first-order valence-corrected chi connectivity index (χ1v) is 6.06. The number of rotatable bonds is 6. The number of nitrogens with zero attached hydrogens (tertiary/aromatic N) is 1. The first-order chi connectivity index (χ1) is 7.81. The van der Waals surface area contributed by atoms with E-state index in [4.69, 9.17) is 10.9 Å². The summed E-state index contributed by atoms with van der Waals surface area (Å²) in [5.74, 6) is 0.585. The van der Waals surface area contributed by atoms with E-state index < -0.39 is 5.92 Å². The van der Waals surface area contributed by atoms with Crippen LogP contribution in [0.15, 0.2) is 5.16 Å². The van der Waals surface area contributed by atoms with Crippen LogP contribution in [-0.2, 0) is 4.79 Å². The Labute approximate surface area is 103 Å². The highest BCUT2D eigenvalue weighted by Crippen LogP contribution is 2.19. The Bertz CT molecular complexity index is 267. The number of carbonyl (C=O) groups excluding carboxylic acids is 1. The van der Waals surface area contributed by atoms with E-state index in [0.29, 0.717) is 24.3 Å². The van der Waals surface area contributed by atoms with Crippen LogP contribution in [0, 0.1) is 23.7 Å². The topological polar surface area (TPSA) is 87.7 Å². The molecule has 0 aliphatic heterocycles. The summed E-state index contributed by atoms with van der Waals surface area (Å²) in [5, 5.41) is 14.2. The second-order valence-corrected chi connectivity index (χ2v) is 5.14. The van der Waals surface area contributed by atoms with Crippen LogP contribution >= 0.6 is 0 Å². The first-order valence-electron chi connectivity index (χ1n) is 6.06. The van der Waals surface area contributed by atoms with Crippen LogP contribution in [-0.4, -0.2) is 23.5 Å². The summed E-state index contributed by atoms with van der Waals surface area (Å²) >= 11 is 0. The predicted molar refractivity (Wildman–Crippen MR) is 68.7 cm³/mol. The van der Waals surface area contributed by atoms with E-state index in [1.54, 1.807) is 6.92 Å². The molecule has 0 saturated carbocycles. The van der Waals surface area contributed by atoms with Crippen molar-refractivity contribution in [3.63, 3.8) is 0 Å². The fraction of sp³-hybridized carbons (Fsp3) is 0.833. The summed E-state index contributed by atoms with van der Waals surface area (Å²) in [6.45, 7) is 10.8. The van der Waals surface area contributed by atoms with Gasteiger partial charge < -0.3 is 16.3 Å². The third kappa shape index (κ3) is 5.06. The lowest BCUT2D eigenvalue weighted by Gasteiger charge is -2.25. The molecule has 5 nitrogen and oxygen atoms in total. The zero-order chi connectivity index (χ0) is 13.6. The van der Waals surface area contributed by atoms with Crippen LogP contribution < -0.4 is 11.1 Å². The maximum atomic E-state index is 11.7. The van der Waals surface area contributed by atoms with Crippen LogP contribution in [0.3, 0.4) is 0 Å². The van der Waals surface area contributed by atoms with Crippen LogP contribution in [0.5, 0.6) is 0 Å². The summed E-state index contributed by atoms with van der Waals surface area (Å²) in [6, 6.07) is 0. The minimum atomic E-state index is -0.597. The average molecular weight is 243 g/mol. The molecular formula is C12H25N3O2. The molecule has 100 valence electrons.